The van der Waals surface area contributed by atoms with Crippen LogP contribution in [0.5, 0.6) is 5.75 Å². The molecule has 0 bridgehead atoms. The van der Waals surface area contributed by atoms with Crippen LogP contribution in [-0.2, 0) is 0 Å². The highest BCUT2D eigenvalue weighted by Crippen LogP contribution is 2.40. The van der Waals surface area contributed by atoms with Gasteiger partial charge in [0, 0.05) is 10.4 Å². The van der Waals surface area contributed by atoms with E-state index in [-0.39, 0.29) is 11.9 Å². The largest absolute Gasteiger partial charge is 0.496 e. The van der Waals surface area contributed by atoms with Crippen LogP contribution in [0, 0.1) is 19.8 Å². The molecule has 168 valence electrons. The molecule has 1 amide bonds. The van der Waals surface area contributed by atoms with Crippen LogP contribution < -0.4 is 15.0 Å². The lowest BCUT2D eigenvalue weighted by Gasteiger charge is -2.35. The summed E-state index contributed by atoms with van der Waals surface area (Å²) in [7, 11) is 1.74. The number of hydrogen-bond acceptors (Lipinski definition) is 3. The number of carbonyl (C=O) groups is 1. The van der Waals surface area contributed by atoms with E-state index in [2.05, 4.69) is 38.2 Å². The van der Waals surface area contributed by atoms with E-state index in [1.807, 2.05) is 42.5 Å². The summed E-state index contributed by atoms with van der Waals surface area (Å²) < 4.78 is 5.80. The molecule has 32 heavy (non-hydrogen) atoms. The molecule has 1 saturated heterocycles. The van der Waals surface area contributed by atoms with Gasteiger partial charge in [0.15, 0.2) is 0 Å². The first-order valence-corrected chi connectivity index (χ1v) is 12.2. The number of para-hydroxylation sites is 1. The fraction of sp³-hybridized carbons (Fsp3) is 0.370. The van der Waals surface area contributed by atoms with Gasteiger partial charge in [0.05, 0.1) is 31.3 Å². The number of methoxy groups -OCH3 is 1. The molecule has 1 aromatic heterocycles. The van der Waals surface area contributed by atoms with Crippen molar-refractivity contribution in [2.24, 2.45) is 5.92 Å². The second-order valence-electron chi connectivity index (χ2n) is 8.86. The number of amides is 1. The molecule has 1 atom stereocenters. The molecule has 2 aromatic carbocycles. The number of piperidine rings is 1. The normalized spacial score (nSPS) is 19.4. The van der Waals surface area contributed by atoms with Crippen molar-refractivity contribution in [2.75, 3.05) is 25.5 Å². The molecule has 1 aliphatic rings. The average molecular weight is 450 g/mol. The zero-order valence-electron chi connectivity index (χ0n) is 19.4. The van der Waals surface area contributed by atoms with Crippen molar-refractivity contribution in [3.05, 3.63) is 81.7 Å². The molecule has 1 aliphatic heterocycles. The second-order valence-corrected chi connectivity index (χ2v) is 10.1. The molecule has 2 N–H and O–H groups in total. The zero-order chi connectivity index (χ0) is 22.7. The topological polar surface area (TPSA) is 42.8 Å². The van der Waals surface area contributed by atoms with Crippen LogP contribution in [-0.4, -0.2) is 26.1 Å². The number of carbonyl (C=O) groups excluding carboxylic acids is 1. The first-order valence-electron chi connectivity index (χ1n) is 11.4. The van der Waals surface area contributed by atoms with Gasteiger partial charge in [0.25, 0.3) is 5.91 Å². The standard InChI is InChI=1S/C27H32N2O2S/c1-18-14-16-29(17-15-18)25(22-12-8-9-13-23(22)31-4)24-19(2)20(3)32-27(24)28-26(30)21-10-6-5-7-11-21/h5-13,18,25H,14-17H2,1-4H3,(H,28,30)/p+1/t25-/m1/s1. The third kappa shape index (κ3) is 4.59. The highest BCUT2D eigenvalue weighted by molar-refractivity contribution is 7.16. The maximum absolute atomic E-state index is 13.1. The van der Waals surface area contributed by atoms with Crippen molar-refractivity contribution in [1.29, 1.82) is 0 Å². The molecule has 3 aromatic rings. The van der Waals surface area contributed by atoms with Gasteiger partial charge in [-0.05, 0) is 62.4 Å². The fourth-order valence-corrected chi connectivity index (χ4v) is 5.85. The monoisotopic (exact) mass is 449 g/mol. The molecule has 5 heteroatoms. The van der Waals surface area contributed by atoms with Crippen molar-refractivity contribution < 1.29 is 14.4 Å². The highest BCUT2D eigenvalue weighted by atomic mass is 32.1. The number of benzene rings is 2. The van der Waals surface area contributed by atoms with E-state index in [1.54, 1.807) is 23.3 Å². The number of rotatable bonds is 6. The number of ether oxygens (including phenoxy) is 1. The smallest absolute Gasteiger partial charge is 0.256 e. The van der Waals surface area contributed by atoms with Crippen LogP contribution in [0.1, 0.15) is 57.7 Å². The Hall–Kier alpha value is -2.63. The van der Waals surface area contributed by atoms with Crippen LogP contribution in [0.2, 0.25) is 0 Å². The van der Waals surface area contributed by atoms with E-state index < -0.39 is 0 Å². The summed E-state index contributed by atoms with van der Waals surface area (Å²) in [5, 5.41) is 4.20. The molecule has 0 radical (unpaired) electrons. The Kier molecular flexibility index (Phi) is 6.97. The molecule has 0 spiro atoms. The SMILES string of the molecule is COc1ccccc1[C@H](c1c(NC(=O)c2ccccc2)sc(C)c1C)[NH+]1CCC(C)CC1. The van der Waals surface area contributed by atoms with Crippen molar-refractivity contribution >= 4 is 22.2 Å². The van der Waals surface area contributed by atoms with Gasteiger partial charge in [-0.2, -0.15) is 0 Å². The van der Waals surface area contributed by atoms with Gasteiger partial charge in [-0.15, -0.1) is 11.3 Å². The van der Waals surface area contributed by atoms with E-state index in [0.717, 1.165) is 29.8 Å². The molecule has 0 saturated carbocycles. The van der Waals surface area contributed by atoms with Crippen molar-refractivity contribution in [3.8, 4) is 5.75 Å². The van der Waals surface area contributed by atoms with Crippen LogP contribution >= 0.6 is 11.3 Å². The van der Waals surface area contributed by atoms with Crippen LogP contribution in [0.4, 0.5) is 5.00 Å². The van der Waals surface area contributed by atoms with Crippen molar-refractivity contribution in [2.45, 2.75) is 39.7 Å². The molecule has 2 heterocycles. The number of aryl methyl sites for hydroxylation is 1. The van der Waals surface area contributed by atoms with Crippen molar-refractivity contribution in [3.63, 3.8) is 0 Å². The van der Waals surface area contributed by atoms with Gasteiger partial charge in [0.1, 0.15) is 16.8 Å². The quantitative estimate of drug-likeness (QED) is 0.554. The fourth-order valence-electron chi connectivity index (χ4n) is 4.76. The third-order valence-electron chi connectivity index (χ3n) is 6.76. The summed E-state index contributed by atoms with van der Waals surface area (Å²) in [6.45, 7) is 8.91. The molecule has 4 rings (SSSR count). The lowest BCUT2D eigenvalue weighted by molar-refractivity contribution is -0.931. The predicted molar refractivity (Wildman–Crippen MR) is 132 cm³/mol. The number of anilines is 1. The van der Waals surface area contributed by atoms with Gasteiger partial charge in [-0.1, -0.05) is 37.3 Å². The summed E-state index contributed by atoms with van der Waals surface area (Å²) in [4.78, 5) is 15.8. The maximum Gasteiger partial charge on any atom is 0.256 e. The summed E-state index contributed by atoms with van der Waals surface area (Å²) in [5.74, 6) is 1.61. The highest BCUT2D eigenvalue weighted by Gasteiger charge is 2.36. The molecule has 1 fully saturated rings. The van der Waals surface area contributed by atoms with E-state index in [4.69, 9.17) is 4.74 Å². The van der Waals surface area contributed by atoms with Crippen LogP contribution in [0.25, 0.3) is 0 Å². The Morgan fingerprint density at radius 1 is 1.06 bits per heavy atom. The van der Waals surface area contributed by atoms with Crippen molar-refractivity contribution in [1.82, 2.24) is 0 Å². The number of quaternary nitrogens is 1. The minimum atomic E-state index is -0.0610. The molecular weight excluding hydrogens is 416 g/mol. The summed E-state index contributed by atoms with van der Waals surface area (Å²) >= 11 is 1.68. The second kappa shape index (κ2) is 9.88. The van der Waals surface area contributed by atoms with Gasteiger partial charge in [0.2, 0.25) is 0 Å². The molecule has 0 unspecified atom stereocenters. The Labute approximate surface area is 195 Å². The van der Waals surface area contributed by atoms with Gasteiger partial charge in [-0.25, -0.2) is 0 Å². The zero-order valence-corrected chi connectivity index (χ0v) is 20.2. The van der Waals surface area contributed by atoms with Crippen LogP contribution in [0.3, 0.4) is 0 Å². The summed E-state index contributed by atoms with van der Waals surface area (Å²) in [6.07, 6.45) is 2.43. The summed E-state index contributed by atoms with van der Waals surface area (Å²) in [5.41, 5.74) is 4.36. The van der Waals surface area contributed by atoms with E-state index in [0.29, 0.717) is 5.56 Å². The molecule has 0 aliphatic carbocycles. The lowest BCUT2D eigenvalue weighted by atomic mass is 9.90. The van der Waals surface area contributed by atoms with E-state index in [9.17, 15) is 4.79 Å². The van der Waals surface area contributed by atoms with E-state index in [1.165, 1.54) is 34.4 Å². The summed E-state index contributed by atoms with van der Waals surface area (Å²) in [6, 6.07) is 17.9. The minimum absolute atomic E-state index is 0.0610. The lowest BCUT2D eigenvalue weighted by Crippen LogP contribution is -3.13. The Morgan fingerprint density at radius 2 is 1.72 bits per heavy atom. The molecule has 4 nitrogen and oxygen atoms in total. The third-order valence-corrected chi connectivity index (χ3v) is 7.90. The first kappa shape index (κ1) is 22.6. The number of likely N-dealkylation sites (tertiary alicyclic amines) is 1. The average Bonchev–Trinajstić information content (AvgIpc) is 3.09. The van der Waals surface area contributed by atoms with Gasteiger partial charge >= 0.3 is 0 Å². The number of nitrogens with one attached hydrogen (secondary N) is 2. The van der Waals surface area contributed by atoms with Gasteiger partial charge < -0.3 is 15.0 Å². The first-order chi connectivity index (χ1) is 15.5. The Morgan fingerprint density at radius 3 is 2.41 bits per heavy atom. The minimum Gasteiger partial charge on any atom is -0.496 e. The van der Waals surface area contributed by atoms with Gasteiger partial charge in [-0.3, -0.25) is 4.79 Å². The Balaban J connectivity index is 1.79. The van der Waals surface area contributed by atoms with Crippen LogP contribution in [0.15, 0.2) is 54.6 Å². The Bertz CT molecular complexity index is 1070. The number of hydrogen-bond donors (Lipinski definition) is 2. The molecular formula is C27H33N2O2S+. The predicted octanol–water partition coefficient (Wildman–Crippen LogP) is 5.03. The maximum atomic E-state index is 13.1. The van der Waals surface area contributed by atoms with E-state index >= 15 is 0 Å². The number of thiophene rings is 1.